The number of carbonyl (C=O) groups excluding carboxylic acids is 1. The predicted molar refractivity (Wildman–Crippen MR) is 180 cm³/mol. The summed E-state index contributed by atoms with van der Waals surface area (Å²) in [6.07, 6.45) is -6.00. The van der Waals surface area contributed by atoms with Crippen molar-refractivity contribution < 1.29 is 64.6 Å². The van der Waals surface area contributed by atoms with Crippen molar-refractivity contribution in [1.82, 2.24) is 21.4 Å². The normalized spacial score (nSPS) is 17.5. The van der Waals surface area contributed by atoms with Gasteiger partial charge in [0.15, 0.2) is 12.6 Å². The molecule has 0 saturated heterocycles. The van der Waals surface area contributed by atoms with E-state index in [9.17, 15) is 35.4 Å². The second-order valence-corrected chi connectivity index (χ2v) is 10.7. The number of nitrogens with two attached hydrogens (primary N) is 3. The van der Waals surface area contributed by atoms with Crippen LogP contribution in [-0.4, -0.2) is 187 Å². The summed E-state index contributed by atoms with van der Waals surface area (Å²) in [6.45, 7) is 2.35. The predicted octanol–water partition coefficient (Wildman–Crippen LogP) is -7.40. The lowest BCUT2D eigenvalue weighted by Gasteiger charge is -2.30. The monoisotopic (exact) mass is 729 g/mol. The molecule has 0 aromatic rings. The molecule has 0 saturated carbocycles. The summed E-state index contributed by atoms with van der Waals surface area (Å²) in [5, 5.41) is 89.5. The van der Waals surface area contributed by atoms with Crippen LogP contribution in [0.3, 0.4) is 0 Å². The summed E-state index contributed by atoms with van der Waals surface area (Å²) in [4.78, 5) is 15.6. The fraction of sp³-hybridized carbons (Fsp3) is 0.821. The molecule has 0 aliphatic rings. The minimum absolute atomic E-state index is 0.00982. The smallest absolute Gasteiger partial charge is 0.217 e. The molecule has 0 rings (SSSR count). The number of aliphatic imine (C=N–C) groups is 1. The Bertz CT molecular complexity index is 955. The zero-order valence-electron chi connectivity index (χ0n) is 28.4. The number of rotatable bonds is 32. The second-order valence-electron chi connectivity index (χ2n) is 10.7. The maximum Gasteiger partial charge on any atom is 0.217 e. The second kappa shape index (κ2) is 30.0. The average molecular weight is 730 g/mol. The zero-order chi connectivity index (χ0) is 37.7. The lowest BCUT2D eigenvalue weighted by molar-refractivity contribution is -0.165. The molecule has 22 heteroatoms. The number of amides is 1. The summed E-state index contributed by atoms with van der Waals surface area (Å²) < 4.78 is 21.1. The summed E-state index contributed by atoms with van der Waals surface area (Å²) >= 11 is 0. The van der Waals surface area contributed by atoms with Gasteiger partial charge in [-0.25, -0.2) is 0 Å². The lowest BCUT2D eigenvalue weighted by atomic mass is 10.0. The van der Waals surface area contributed by atoms with Gasteiger partial charge in [-0.15, -0.1) is 0 Å². The van der Waals surface area contributed by atoms with Gasteiger partial charge in [0.25, 0.3) is 0 Å². The third kappa shape index (κ3) is 22.2. The first-order valence-corrected chi connectivity index (χ1v) is 16.0. The standard InChI is InChI=1S/C28H59N9O13/c1-18(40)35-24(26(44)22(42)3-7-39)28(46)50-13-11-48-9-5-33-15-20(37-31)17-34-16-19(36-30)14-32-4-8-47-10-12-49-27(45)23(29)25(43)21(41)2-6-38/h14-15,21-28,32,34,36,38-39,41-46H,2-13,16-17,29-31H2,1H3,(H,35,40)/b19-14-,33-15?,37-20?. The number of carbonyl (C=O) groups is 1. The number of hydrazine groups is 1. The molecular formula is C28H59N9O13. The minimum Gasteiger partial charge on any atom is -0.396 e. The van der Waals surface area contributed by atoms with Crippen molar-refractivity contribution in [2.24, 2.45) is 27.5 Å². The molecule has 8 unspecified atom stereocenters. The Hall–Kier alpha value is -2.65. The van der Waals surface area contributed by atoms with Crippen molar-refractivity contribution in [1.29, 1.82) is 0 Å². The van der Waals surface area contributed by atoms with Gasteiger partial charge in [-0.2, -0.15) is 5.10 Å². The number of aliphatic hydroxyl groups excluding tert-OH is 8. The lowest BCUT2D eigenvalue weighted by Crippen LogP contribution is -2.55. The van der Waals surface area contributed by atoms with Gasteiger partial charge in [0.2, 0.25) is 5.91 Å². The van der Waals surface area contributed by atoms with Gasteiger partial charge >= 0.3 is 0 Å². The molecule has 0 fully saturated rings. The highest BCUT2D eigenvalue weighted by Gasteiger charge is 2.33. The number of aliphatic hydroxyl groups is 8. The molecule has 0 aromatic heterocycles. The van der Waals surface area contributed by atoms with Crippen molar-refractivity contribution in [3.63, 3.8) is 0 Å². The molecule has 0 aliphatic heterocycles. The Labute approximate surface area is 291 Å². The number of hydrazone groups is 1. The van der Waals surface area contributed by atoms with Crippen LogP contribution in [0.5, 0.6) is 0 Å². The maximum atomic E-state index is 11.4. The number of hydrogen-bond acceptors (Lipinski definition) is 21. The number of nitrogens with one attached hydrogen (secondary N) is 4. The van der Waals surface area contributed by atoms with Gasteiger partial charge in [-0.1, -0.05) is 0 Å². The molecule has 0 heterocycles. The first kappa shape index (κ1) is 47.4. The number of nitrogens with zero attached hydrogens (tertiary/aromatic N) is 2. The Balaban J connectivity index is 4.20. The fourth-order valence-electron chi connectivity index (χ4n) is 3.91. The van der Waals surface area contributed by atoms with Crippen LogP contribution in [0.25, 0.3) is 0 Å². The van der Waals surface area contributed by atoms with Crippen molar-refractivity contribution in [2.45, 2.75) is 68.8 Å². The molecule has 0 aromatic carbocycles. The van der Waals surface area contributed by atoms with Gasteiger partial charge in [-0.3, -0.25) is 15.6 Å². The van der Waals surface area contributed by atoms with E-state index in [4.69, 9.17) is 46.6 Å². The summed E-state index contributed by atoms with van der Waals surface area (Å²) in [5.74, 6) is 10.4. The van der Waals surface area contributed by atoms with E-state index >= 15 is 0 Å². The van der Waals surface area contributed by atoms with E-state index < -0.39 is 61.6 Å². The first-order chi connectivity index (χ1) is 23.9. The van der Waals surface area contributed by atoms with Crippen LogP contribution < -0.4 is 38.8 Å². The van der Waals surface area contributed by atoms with Crippen molar-refractivity contribution >= 4 is 17.8 Å². The number of ether oxygens (including phenoxy) is 4. The van der Waals surface area contributed by atoms with Crippen LogP contribution in [0.2, 0.25) is 0 Å². The molecule has 0 radical (unpaired) electrons. The molecule has 0 bridgehead atoms. The fourth-order valence-corrected chi connectivity index (χ4v) is 3.91. The quantitative estimate of drug-likeness (QED) is 0.0100. The first-order valence-electron chi connectivity index (χ1n) is 16.0. The van der Waals surface area contributed by atoms with Gasteiger partial charge in [-0.05, 0) is 12.8 Å². The van der Waals surface area contributed by atoms with Crippen molar-refractivity contribution in [2.75, 3.05) is 79.0 Å². The summed E-state index contributed by atoms with van der Waals surface area (Å²) in [5.41, 5.74) is 9.27. The van der Waals surface area contributed by atoms with Gasteiger partial charge in [0.05, 0.1) is 81.9 Å². The summed E-state index contributed by atoms with van der Waals surface area (Å²) in [6, 6.07) is -2.58. The molecule has 0 aliphatic carbocycles. The van der Waals surface area contributed by atoms with E-state index in [-0.39, 0.29) is 65.6 Å². The molecule has 18 N–H and O–H groups in total. The summed E-state index contributed by atoms with van der Waals surface area (Å²) in [7, 11) is 0. The van der Waals surface area contributed by atoms with Crippen molar-refractivity contribution in [3.8, 4) is 0 Å². The molecule has 22 nitrogen and oxygen atoms in total. The molecule has 294 valence electrons. The maximum absolute atomic E-state index is 11.4. The van der Waals surface area contributed by atoms with E-state index in [0.717, 1.165) is 0 Å². The SMILES string of the molecule is CC(=O)NC(C(O)OCCOCCN=CC(CNC/C(=C/NCCOCCOC(O)C(N)C(O)C(O)CCO)NN)=NN)C(O)C(O)CCO. The van der Waals surface area contributed by atoms with Crippen LogP contribution in [0, 0.1) is 0 Å². The Morgan fingerprint density at radius 2 is 1.44 bits per heavy atom. The van der Waals surface area contributed by atoms with Crippen molar-refractivity contribution in [3.05, 3.63) is 11.9 Å². The van der Waals surface area contributed by atoms with Crippen LogP contribution in [0.15, 0.2) is 22.0 Å². The molecule has 1 amide bonds. The molecule has 8 atom stereocenters. The van der Waals surface area contributed by atoms with E-state index in [1.807, 2.05) is 0 Å². The highest BCUT2D eigenvalue weighted by Crippen LogP contribution is 2.10. The topological polar surface area (TPSA) is 367 Å². The highest BCUT2D eigenvalue weighted by atomic mass is 16.6. The van der Waals surface area contributed by atoms with E-state index in [1.54, 1.807) is 6.20 Å². The zero-order valence-corrected chi connectivity index (χ0v) is 28.4. The van der Waals surface area contributed by atoms with Crippen LogP contribution in [0.1, 0.15) is 19.8 Å². The largest absolute Gasteiger partial charge is 0.396 e. The van der Waals surface area contributed by atoms with Crippen LogP contribution in [-0.2, 0) is 23.7 Å². The van der Waals surface area contributed by atoms with E-state index in [1.165, 1.54) is 13.1 Å². The third-order valence-corrected chi connectivity index (χ3v) is 6.68. The molecular weight excluding hydrogens is 670 g/mol. The van der Waals surface area contributed by atoms with Crippen LogP contribution >= 0.6 is 0 Å². The van der Waals surface area contributed by atoms with Crippen LogP contribution in [0.4, 0.5) is 0 Å². The minimum atomic E-state index is -1.64. The van der Waals surface area contributed by atoms with Gasteiger partial charge < -0.3 is 92.8 Å². The van der Waals surface area contributed by atoms with Gasteiger partial charge in [0.1, 0.15) is 12.1 Å². The molecule has 50 heavy (non-hydrogen) atoms. The van der Waals surface area contributed by atoms with Gasteiger partial charge in [0, 0.05) is 52.2 Å². The average Bonchev–Trinajstić information content (AvgIpc) is 3.09. The highest BCUT2D eigenvalue weighted by molar-refractivity contribution is 6.31. The van der Waals surface area contributed by atoms with E-state index in [2.05, 4.69) is 31.5 Å². The Morgan fingerprint density at radius 3 is 2.02 bits per heavy atom. The molecule has 0 spiro atoms. The Morgan fingerprint density at radius 1 is 0.840 bits per heavy atom. The number of hydrogen-bond donors (Lipinski definition) is 15. The van der Waals surface area contributed by atoms with E-state index in [0.29, 0.717) is 31.1 Å². The Kier molecular flexibility index (Phi) is 28.4. The third-order valence-electron chi connectivity index (χ3n) is 6.68.